The summed E-state index contributed by atoms with van der Waals surface area (Å²) in [6.45, 7) is 2.73. The molecule has 88 valence electrons. The van der Waals surface area contributed by atoms with Crippen molar-refractivity contribution in [3.63, 3.8) is 0 Å². The van der Waals surface area contributed by atoms with E-state index < -0.39 is 0 Å². The predicted octanol–water partition coefficient (Wildman–Crippen LogP) is 2.59. The lowest BCUT2D eigenvalue weighted by Crippen LogP contribution is -2.25. The zero-order chi connectivity index (χ0) is 11.5. The summed E-state index contributed by atoms with van der Waals surface area (Å²) in [6.07, 6.45) is 1.87. The van der Waals surface area contributed by atoms with E-state index in [2.05, 4.69) is 0 Å². The Morgan fingerprint density at radius 1 is 1.50 bits per heavy atom. The fourth-order valence-electron chi connectivity index (χ4n) is 2.33. The van der Waals surface area contributed by atoms with Crippen molar-refractivity contribution < 1.29 is 14.2 Å². The molecule has 0 aliphatic carbocycles. The van der Waals surface area contributed by atoms with E-state index in [0.29, 0.717) is 0 Å². The molecule has 1 saturated heterocycles. The molecule has 1 N–H and O–H groups in total. The van der Waals surface area contributed by atoms with Crippen LogP contribution < -0.4 is 0 Å². The first-order chi connectivity index (χ1) is 7.72. The molecule has 1 aromatic rings. The Hall–Kier alpha value is -0.930. The second-order valence-corrected chi connectivity index (χ2v) is 4.38. The summed E-state index contributed by atoms with van der Waals surface area (Å²) in [7, 11) is 0. The fourth-order valence-corrected chi connectivity index (χ4v) is 2.33. The van der Waals surface area contributed by atoms with Gasteiger partial charge in [-0.3, -0.25) is 0 Å². The van der Waals surface area contributed by atoms with Crippen molar-refractivity contribution in [1.29, 1.82) is 0 Å². The van der Waals surface area contributed by atoms with Crippen molar-refractivity contribution in [2.24, 2.45) is 5.92 Å². The molecule has 2 atom stereocenters. The van der Waals surface area contributed by atoms with Gasteiger partial charge in [-0.05, 0) is 43.0 Å². The van der Waals surface area contributed by atoms with Crippen LogP contribution in [0.25, 0.3) is 0 Å². The number of aliphatic hydroxyl groups is 1. The van der Waals surface area contributed by atoms with E-state index >= 15 is 0 Å². The smallest absolute Gasteiger partial charge is 0.123 e. The minimum atomic E-state index is -0.224. The highest BCUT2D eigenvalue weighted by atomic mass is 19.1. The SMILES string of the molecule is Cc1cc(F)ccc1C1OCCCC1CO. The third-order valence-electron chi connectivity index (χ3n) is 3.22. The Morgan fingerprint density at radius 3 is 3.00 bits per heavy atom. The third kappa shape index (κ3) is 2.25. The molecule has 2 unspecified atom stereocenters. The monoisotopic (exact) mass is 224 g/mol. The molecule has 1 aliphatic rings. The Balaban J connectivity index is 2.27. The number of hydrogen-bond donors (Lipinski definition) is 1. The first-order valence-corrected chi connectivity index (χ1v) is 5.71. The number of aliphatic hydroxyl groups excluding tert-OH is 1. The summed E-state index contributed by atoms with van der Waals surface area (Å²) < 4.78 is 18.7. The molecular weight excluding hydrogens is 207 g/mol. The van der Waals surface area contributed by atoms with Crippen LogP contribution in [0.2, 0.25) is 0 Å². The lowest BCUT2D eigenvalue weighted by atomic mass is 9.88. The first kappa shape index (κ1) is 11.6. The Labute approximate surface area is 95.1 Å². The Bertz CT molecular complexity index is 365. The van der Waals surface area contributed by atoms with Gasteiger partial charge >= 0.3 is 0 Å². The second-order valence-electron chi connectivity index (χ2n) is 4.38. The average Bonchev–Trinajstić information content (AvgIpc) is 2.29. The van der Waals surface area contributed by atoms with E-state index in [1.807, 2.05) is 6.92 Å². The maximum atomic E-state index is 13.0. The van der Waals surface area contributed by atoms with Gasteiger partial charge in [0.2, 0.25) is 0 Å². The van der Waals surface area contributed by atoms with Gasteiger partial charge in [-0.2, -0.15) is 0 Å². The Kier molecular flexibility index (Phi) is 3.56. The quantitative estimate of drug-likeness (QED) is 0.836. The number of hydrogen-bond acceptors (Lipinski definition) is 2. The van der Waals surface area contributed by atoms with Crippen LogP contribution in [0.15, 0.2) is 18.2 Å². The van der Waals surface area contributed by atoms with E-state index in [-0.39, 0.29) is 24.4 Å². The van der Waals surface area contributed by atoms with Gasteiger partial charge in [0.15, 0.2) is 0 Å². The normalized spacial score (nSPS) is 25.7. The first-order valence-electron chi connectivity index (χ1n) is 5.71. The average molecular weight is 224 g/mol. The van der Waals surface area contributed by atoms with Crippen LogP contribution in [-0.2, 0) is 4.74 Å². The van der Waals surface area contributed by atoms with E-state index in [0.717, 1.165) is 30.6 Å². The molecular formula is C13H17FO2. The maximum absolute atomic E-state index is 13.0. The van der Waals surface area contributed by atoms with Crippen LogP contribution in [0.5, 0.6) is 0 Å². The highest BCUT2D eigenvalue weighted by Crippen LogP contribution is 2.34. The van der Waals surface area contributed by atoms with Gasteiger partial charge in [0, 0.05) is 19.1 Å². The van der Waals surface area contributed by atoms with Crippen molar-refractivity contribution in [3.8, 4) is 0 Å². The van der Waals surface area contributed by atoms with Gasteiger partial charge in [-0.1, -0.05) is 6.07 Å². The zero-order valence-electron chi connectivity index (χ0n) is 9.45. The summed E-state index contributed by atoms with van der Waals surface area (Å²) in [5, 5.41) is 9.31. The summed E-state index contributed by atoms with van der Waals surface area (Å²) >= 11 is 0. The Morgan fingerprint density at radius 2 is 2.31 bits per heavy atom. The molecule has 0 saturated carbocycles. The van der Waals surface area contributed by atoms with Crippen LogP contribution in [0.3, 0.4) is 0 Å². The zero-order valence-corrected chi connectivity index (χ0v) is 9.45. The van der Waals surface area contributed by atoms with Gasteiger partial charge in [-0.15, -0.1) is 0 Å². The molecule has 1 aromatic carbocycles. The van der Waals surface area contributed by atoms with Crippen molar-refractivity contribution in [1.82, 2.24) is 0 Å². The van der Waals surface area contributed by atoms with Gasteiger partial charge in [0.1, 0.15) is 5.82 Å². The summed E-state index contributed by atoms with van der Waals surface area (Å²) in [6, 6.07) is 4.74. The third-order valence-corrected chi connectivity index (χ3v) is 3.22. The molecule has 16 heavy (non-hydrogen) atoms. The minimum Gasteiger partial charge on any atom is -0.396 e. The van der Waals surface area contributed by atoms with Crippen LogP contribution in [0.4, 0.5) is 4.39 Å². The van der Waals surface area contributed by atoms with Crippen molar-refractivity contribution in [3.05, 3.63) is 35.1 Å². The van der Waals surface area contributed by atoms with Crippen LogP contribution in [0.1, 0.15) is 30.1 Å². The van der Waals surface area contributed by atoms with E-state index in [1.54, 1.807) is 6.07 Å². The molecule has 0 aromatic heterocycles. The second kappa shape index (κ2) is 4.93. The largest absolute Gasteiger partial charge is 0.396 e. The highest BCUT2D eigenvalue weighted by molar-refractivity contribution is 5.29. The standard InChI is InChI=1S/C13H17FO2/c1-9-7-11(14)4-5-12(9)13-10(8-15)3-2-6-16-13/h4-5,7,10,13,15H,2-3,6,8H2,1H3. The molecule has 1 aliphatic heterocycles. The van der Waals surface area contributed by atoms with Crippen LogP contribution in [-0.4, -0.2) is 18.3 Å². The van der Waals surface area contributed by atoms with Gasteiger partial charge in [-0.25, -0.2) is 4.39 Å². The number of benzene rings is 1. The van der Waals surface area contributed by atoms with Crippen LogP contribution in [0, 0.1) is 18.7 Å². The molecule has 0 amide bonds. The van der Waals surface area contributed by atoms with Crippen molar-refractivity contribution >= 4 is 0 Å². The lowest BCUT2D eigenvalue weighted by Gasteiger charge is -2.31. The lowest BCUT2D eigenvalue weighted by molar-refractivity contribution is -0.0460. The number of aryl methyl sites for hydroxylation is 1. The molecule has 0 radical (unpaired) electrons. The molecule has 2 nitrogen and oxygen atoms in total. The van der Waals surface area contributed by atoms with E-state index in [4.69, 9.17) is 4.74 Å². The maximum Gasteiger partial charge on any atom is 0.123 e. The topological polar surface area (TPSA) is 29.5 Å². The summed E-state index contributed by atoms with van der Waals surface area (Å²) in [5.74, 6) is -0.0875. The number of rotatable bonds is 2. The molecule has 1 heterocycles. The molecule has 0 spiro atoms. The van der Waals surface area contributed by atoms with Gasteiger partial charge in [0.25, 0.3) is 0 Å². The van der Waals surface area contributed by atoms with Crippen molar-refractivity contribution in [2.45, 2.75) is 25.9 Å². The summed E-state index contributed by atoms with van der Waals surface area (Å²) in [4.78, 5) is 0. The van der Waals surface area contributed by atoms with Crippen molar-refractivity contribution in [2.75, 3.05) is 13.2 Å². The fraction of sp³-hybridized carbons (Fsp3) is 0.538. The highest BCUT2D eigenvalue weighted by Gasteiger charge is 2.27. The van der Waals surface area contributed by atoms with E-state index in [1.165, 1.54) is 12.1 Å². The van der Waals surface area contributed by atoms with Crippen LogP contribution >= 0.6 is 0 Å². The molecule has 2 rings (SSSR count). The summed E-state index contributed by atoms with van der Waals surface area (Å²) in [5.41, 5.74) is 1.89. The predicted molar refractivity (Wildman–Crippen MR) is 59.6 cm³/mol. The molecule has 1 fully saturated rings. The van der Waals surface area contributed by atoms with Gasteiger partial charge in [0.05, 0.1) is 6.10 Å². The molecule has 3 heteroatoms. The number of halogens is 1. The molecule has 0 bridgehead atoms. The minimum absolute atomic E-state index is 0.0839. The number of ether oxygens (including phenoxy) is 1. The van der Waals surface area contributed by atoms with Gasteiger partial charge < -0.3 is 9.84 Å². The van der Waals surface area contributed by atoms with E-state index in [9.17, 15) is 9.50 Å².